The summed E-state index contributed by atoms with van der Waals surface area (Å²) in [6, 6.07) is 7.54. The number of hydrogen-bond donors (Lipinski definition) is 3. The number of hydrogen-bond acceptors (Lipinski definition) is 5. The number of sulfonamides is 1. The van der Waals surface area contributed by atoms with Crippen molar-refractivity contribution in [1.29, 1.82) is 0 Å². The van der Waals surface area contributed by atoms with Gasteiger partial charge >= 0.3 is 0 Å². The Morgan fingerprint density at radius 3 is 2.32 bits per heavy atom. The molecular weight excluding hydrogens is 390 g/mol. The van der Waals surface area contributed by atoms with Crippen molar-refractivity contribution in [2.45, 2.75) is 11.8 Å². The SMILES string of the molecule is CCNc1ccc(S(=O)(=O)N(C)C)cc1NCC(=O)Nc1ccc(F)c(F)c1. The highest BCUT2D eigenvalue weighted by Crippen LogP contribution is 2.26. The smallest absolute Gasteiger partial charge is 0.243 e. The Hall–Kier alpha value is -2.72. The topological polar surface area (TPSA) is 90.5 Å². The monoisotopic (exact) mass is 412 g/mol. The van der Waals surface area contributed by atoms with Crippen LogP contribution in [0.5, 0.6) is 0 Å². The Morgan fingerprint density at radius 2 is 1.71 bits per heavy atom. The minimum absolute atomic E-state index is 0.0719. The number of carbonyl (C=O) groups excluding carboxylic acids is 1. The molecule has 0 bridgehead atoms. The van der Waals surface area contributed by atoms with Crippen molar-refractivity contribution in [3.8, 4) is 0 Å². The number of rotatable bonds is 8. The molecule has 0 aromatic heterocycles. The number of amides is 1. The molecule has 0 aliphatic heterocycles. The van der Waals surface area contributed by atoms with Gasteiger partial charge in [0.15, 0.2) is 11.6 Å². The van der Waals surface area contributed by atoms with Crippen LogP contribution in [0.3, 0.4) is 0 Å². The van der Waals surface area contributed by atoms with Crippen LogP contribution >= 0.6 is 0 Å². The second-order valence-corrected chi connectivity index (χ2v) is 8.21. The molecule has 0 aliphatic rings. The van der Waals surface area contributed by atoms with Crippen LogP contribution < -0.4 is 16.0 Å². The van der Waals surface area contributed by atoms with Crippen LogP contribution in [-0.2, 0) is 14.8 Å². The van der Waals surface area contributed by atoms with E-state index in [2.05, 4.69) is 16.0 Å². The normalized spacial score (nSPS) is 11.4. The largest absolute Gasteiger partial charge is 0.384 e. The van der Waals surface area contributed by atoms with Gasteiger partial charge in [0.1, 0.15) is 0 Å². The number of carbonyl (C=O) groups is 1. The van der Waals surface area contributed by atoms with Gasteiger partial charge in [0.2, 0.25) is 15.9 Å². The molecule has 0 unspecified atom stereocenters. The molecule has 2 rings (SSSR count). The molecule has 0 saturated heterocycles. The quantitative estimate of drug-likeness (QED) is 0.620. The van der Waals surface area contributed by atoms with Gasteiger partial charge in [-0.25, -0.2) is 21.5 Å². The molecule has 0 spiro atoms. The Balaban J connectivity index is 2.16. The highest BCUT2D eigenvalue weighted by molar-refractivity contribution is 7.89. The highest BCUT2D eigenvalue weighted by atomic mass is 32.2. The lowest BCUT2D eigenvalue weighted by Crippen LogP contribution is -2.24. The fourth-order valence-electron chi connectivity index (χ4n) is 2.34. The van der Waals surface area contributed by atoms with Gasteiger partial charge in [-0.15, -0.1) is 0 Å². The van der Waals surface area contributed by atoms with Crippen molar-refractivity contribution in [2.75, 3.05) is 43.1 Å². The second kappa shape index (κ2) is 8.98. The molecule has 28 heavy (non-hydrogen) atoms. The van der Waals surface area contributed by atoms with Crippen LogP contribution in [0.1, 0.15) is 6.92 Å². The summed E-state index contributed by atoms with van der Waals surface area (Å²) in [6.45, 7) is 2.27. The van der Waals surface area contributed by atoms with Crippen molar-refractivity contribution < 1.29 is 22.0 Å². The summed E-state index contributed by atoms with van der Waals surface area (Å²) < 4.78 is 51.9. The number of nitrogens with one attached hydrogen (secondary N) is 3. The zero-order valence-electron chi connectivity index (χ0n) is 15.7. The Labute approximate surface area is 162 Å². The van der Waals surface area contributed by atoms with Crippen LogP contribution in [-0.4, -0.2) is 45.8 Å². The lowest BCUT2D eigenvalue weighted by Gasteiger charge is -2.17. The molecule has 10 heteroatoms. The molecule has 0 atom stereocenters. The van der Waals surface area contributed by atoms with Crippen molar-refractivity contribution in [3.05, 3.63) is 48.0 Å². The summed E-state index contributed by atoms with van der Waals surface area (Å²) >= 11 is 0. The molecule has 152 valence electrons. The molecule has 7 nitrogen and oxygen atoms in total. The van der Waals surface area contributed by atoms with Crippen LogP contribution in [0, 0.1) is 11.6 Å². The highest BCUT2D eigenvalue weighted by Gasteiger charge is 2.19. The Morgan fingerprint density at radius 1 is 1.00 bits per heavy atom. The molecule has 3 N–H and O–H groups in total. The number of nitrogens with zero attached hydrogens (tertiary/aromatic N) is 1. The van der Waals surface area contributed by atoms with Gasteiger partial charge in [0.25, 0.3) is 0 Å². The molecule has 1 amide bonds. The number of halogens is 2. The third kappa shape index (κ3) is 5.17. The van der Waals surface area contributed by atoms with Crippen LogP contribution in [0.4, 0.5) is 25.8 Å². The first-order chi connectivity index (χ1) is 13.1. The average molecular weight is 412 g/mol. The zero-order chi connectivity index (χ0) is 20.9. The van der Waals surface area contributed by atoms with Gasteiger partial charge in [-0.3, -0.25) is 4.79 Å². The molecule has 2 aromatic rings. The van der Waals surface area contributed by atoms with E-state index >= 15 is 0 Å². The van der Waals surface area contributed by atoms with E-state index < -0.39 is 27.6 Å². The molecule has 0 heterocycles. The Bertz CT molecular complexity index is 965. The van der Waals surface area contributed by atoms with E-state index in [0.717, 1.165) is 16.4 Å². The maximum atomic E-state index is 13.2. The molecule has 0 fully saturated rings. The molecular formula is C18H22F2N4O3S. The van der Waals surface area contributed by atoms with E-state index in [0.29, 0.717) is 17.9 Å². The van der Waals surface area contributed by atoms with E-state index in [4.69, 9.17) is 0 Å². The molecule has 0 radical (unpaired) electrons. The number of benzene rings is 2. The van der Waals surface area contributed by atoms with Crippen LogP contribution in [0.25, 0.3) is 0 Å². The predicted octanol–water partition coefficient (Wildman–Crippen LogP) is 2.70. The zero-order valence-corrected chi connectivity index (χ0v) is 16.5. The van der Waals surface area contributed by atoms with Gasteiger partial charge in [0, 0.05) is 32.4 Å². The molecule has 0 saturated carbocycles. The summed E-state index contributed by atoms with van der Waals surface area (Å²) in [7, 11) is -0.786. The molecule has 0 aliphatic carbocycles. The van der Waals surface area contributed by atoms with Crippen molar-refractivity contribution in [3.63, 3.8) is 0 Å². The average Bonchev–Trinajstić information content (AvgIpc) is 2.64. The fraction of sp³-hybridized carbons (Fsp3) is 0.278. The van der Waals surface area contributed by atoms with Crippen LogP contribution in [0.15, 0.2) is 41.3 Å². The summed E-state index contributed by atoms with van der Waals surface area (Å²) in [4.78, 5) is 12.2. The lowest BCUT2D eigenvalue weighted by atomic mass is 10.2. The van der Waals surface area contributed by atoms with Gasteiger partial charge in [-0.05, 0) is 37.3 Å². The third-order valence-corrected chi connectivity index (χ3v) is 5.59. The fourth-order valence-corrected chi connectivity index (χ4v) is 3.27. The first kappa shape index (κ1) is 21.6. The van der Waals surface area contributed by atoms with E-state index in [-0.39, 0.29) is 17.1 Å². The van der Waals surface area contributed by atoms with Gasteiger partial charge < -0.3 is 16.0 Å². The minimum atomic E-state index is -3.64. The van der Waals surface area contributed by atoms with Gasteiger partial charge in [-0.2, -0.15) is 0 Å². The maximum absolute atomic E-state index is 13.2. The van der Waals surface area contributed by atoms with Crippen molar-refractivity contribution >= 4 is 33.0 Å². The van der Waals surface area contributed by atoms with E-state index in [1.54, 1.807) is 6.07 Å². The first-order valence-electron chi connectivity index (χ1n) is 8.44. The maximum Gasteiger partial charge on any atom is 0.243 e. The first-order valence-corrected chi connectivity index (χ1v) is 9.88. The van der Waals surface area contributed by atoms with Gasteiger partial charge in [-0.1, -0.05) is 0 Å². The van der Waals surface area contributed by atoms with Crippen molar-refractivity contribution in [1.82, 2.24) is 4.31 Å². The summed E-state index contributed by atoms with van der Waals surface area (Å²) in [5, 5.41) is 8.39. The van der Waals surface area contributed by atoms with E-state index in [9.17, 15) is 22.0 Å². The predicted molar refractivity (Wildman–Crippen MR) is 105 cm³/mol. The van der Waals surface area contributed by atoms with E-state index in [1.165, 1.54) is 32.3 Å². The summed E-state index contributed by atoms with van der Waals surface area (Å²) in [6.07, 6.45) is 0. The van der Waals surface area contributed by atoms with Crippen LogP contribution in [0.2, 0.25) is 0 Å². The lowest BCUT2D eigenvalue weighted by molar-refractivity contribution is -0.114. The Kier molecular flexibility index (Phi) is 6.92. The number of anilines is 3. The standard InChI is InChI=1S/C18H22F2N4O3S/c1-4-21-16-8-6-13(28(26,27)24(2)3)10-17(16)22-11-18(25)23-12-5-7-14(19)15(20)9-12/h5-10,21-22H,4,11H2,1-3H3,(H,23,25). The third-order valence-electron chi connectivity index (χ3n) is 3.78. The van der Waals surface area contributed by atoms with Gasteiger partial charge in [0.05, 0.1) is 22.8 Å². The summed E-state index contributed by atoms with van der Waals surface area (Å²) in [5.74, 6) is -2.58. The van der Waals surface area contributed by atoms with E-state index in [1.807, 2.05) is 6.92 Å². The minimum Gasteiger partial charge on any atom is -0.384 e. The summed E-state index contributed by atoms with van der Waals surface area (Å²) in [5.41, 5.74) is 1.16. The van der Waals surface area contributed by atoms with Crippen molar-refractivity contribution in [2.24, 2.45) is 0 Å². The second-order valence-electron chi connectivity index (χ2n) is 6.06. The molecule has 2 aromatic carbocycles.